The van der Waals surface area contributed by atoms with E-state index in [9.17, 15) is 4.79 Å². The number of amides is 1. The van der Waals surface area contributed by atoms with Crippen LogP contribution in [0, 0.1) is 0 Å². The molecule has 0 bridgehead atoms. The Balaban J connectivity index is 1.22. The molecule has 2 fully saturated rings. The number of piperazine rings is 1. The van der Waals surface area contributed by atoms with Crippen LogP contribution in [0.1, 0.15) is 30.5 Å². The average Bonchev–Trinajstić information content (AvgIpc) is 3.14. The number of aromatic amines is 1. The maximum Gasteiger partial charge on any atom is 0.223 e. The van der Waals surface area contributed by atoms with Gasteiger partial charge in [0.25, 0.3) is 0 Å². The summed E-state index contributed by atoms with van der Waals surface area (Å²) in [6, 6.07) is 8.55. The van der Waals surface area contributed by atoms with Crippen LogP contribution >= 0.6 is 0 Å². The molecule has 5 rings (SSSR count). The topological polar surface area (TPSA) is 51.8 Å². The van der Waals surface area contributed by atoms with E-state index in [0.29, 0.717) is 12.3 Å². The van der Waals surface area contributed by atoms with Gasteiger partial charge >= 0.3 is 0 Å². The van der Waals surface area contributed by atoms with Crippen molar-refractivity contribution in [1.29, 1.82) is 0 Å². The van der Waals surface area contributed by atoms with Crippen molar-refractivity contribution in [3.63, 3.8) is 0 Å². The van der Waals surface area contributed by atoms with Gasteiger partial charge in [0, 0.05) is 63.1 Å². The molecular weight excluding hydrogens is 364 g/mol. The van der Waals surface area contributed by atoms with Gasteiger partial charge in [0.1, 0.15) is 5.60 Å². The van der Waals surface area contributed by atoms with E-state index in [4.69, 9.17) is 4.74 Å². The molecule has 1 amide bonds. The lowest BCUT2D eigenvalue weighted by Crippen LogP contribution is -2.49. The third kappa shape index (κ3) is 3.58. The van der Waals surface area contributed by atoms with Gasteiger partial charge in [0.2, 0.25) is 5.91 Å². The lowest BCUT2D eigenvalue weighted by Gasteiger charge is -2.44. The Hall–Kier alpha value is -1.89. The normalized spacial score (nSPS) is 22.9. The number of hydrogen-bond donors (Lipinski definition) is 1. The Bertz CT molecular complexity index is 876. The fourth-order valence-corrected chi connectivity index (χ4v) is 5.26. The maximum absolute atomic E-state index is 12.8. The molecule has 3 aliphatic heterocycles. The van der Waals surface area contributed by atoms with Gasteiger partial charge in [0.05, 0.1) is 12.3 Å². The van der Waals surface area contributed by atoms with E-state index in [-0.39, 0.29) is 5.60 Å². The van der Waals surface area contributed by atoms with Crippen molar-refractivity contribution in [3.8, 4) is 0 Å². The highest BCUT2D eigenvalue weighted by atomic mass is 16.5. The SMILES string of the molecule is CN1CCN(CCC(=O)N2CCC3(CC2)OCCc2c3[nH]c3ccccc23)CC1. The van der Waals surface area contributed by atoms with Gasteiger partial charge in [-0.25, -0.2) is 0 Å². The standard InChI is InChI=1S/C23H32N4O2/c1-25-13-15-26(16-14-25)10-6-21(28)27-11-8-23(9-12-27)22-19(7-17-29-23)18-4-2-3-5-20(18)24-22/h2-5,24H,6-17H2,1H3. The molecule has 0 saturated carbocycles. The number of aromatic nitrogens is 1. The van der Waals surface area contributed by atoms with E-state index in [0.717, 1.165) is 71.7 Å². The van der Waals surface area contributed by atoms with Crippen LogP contribution in [0.15, 0.2) is 24.3 Å². The number of para-hydroxylation sites is 1. The molecule has 2 aromatic rings. The van der Waals surface area contributed by atoms with Crippen LogP contribution in [0.2, 0.25) is 0 Å². The van der Waals surface area contributed by atoms with Gasteiger partial charge in [-0.1, -0.05) is 18.2 Å². The Labute approximate surface area is 172 Å². The first-order chi connectivity index (χ1) is 14.1. The van der Waals surface area contributed by atoms with Crippen molar-refractivity contribution < 1.29 is 9.53 Å². The molecule has 0 radical (unpaired) electrons. The number of rotatable bonds is 3. The molecule has 1 aromatic carbocycles. The minimum absolute atomic E-state index is 0.249. The predicted molar refractivity (Wildman–Crippen MR) is 114 cm³/mol. The number of nitrogens with zero attached hydrogens (tertiary/aromatic N) is 3. The van der Waals surface area contributed by atoms with E-state index < -0.39 is 0 Å². The first-order valence-electron chi connectivity index (χ1n) is 11.1. The minimum atomic E-state index is -0.249. The maximum atomic E-state index is 12.8. The van der Waals surface area contributed by atoms with Gasteiger partial charge in [-0.2, -0.15) is 0 Å². The van der Waals surface area contributed by atoms with Crippen LogP contribution in [0.3, 0.4) is 0 Å². The summed E-state index contributed by atoms with van der Waals surface area (Å²) in [5.74, 6) is 0.298. The van der Waals surface area contributed by atoms with Gasteiger partial charge < -0.3 is 24.4 Å². The van der Waals surface area contributed by atoms with E-state index >= 15 is 0 Å². The number of benzene rings is 1. The predicted octanol–water partition coefficient (Wildman–Crippen LogP) is 2.20. The zero-order valence-electron chi connectivity index (χ0n) is 17.5. The zero-order valence-corrected chi connectivity index (χ0v) is 17.5. The average molecular weight is 397 g/mol. The molecule has 1 aromatic heterocycles. The molecule has 2 saturated heterocycles. The summed E-state index contributed by atoms with van der Waals surface area (Å²) in [4.78, 5) is 23.3. The first-order valence-corrected chi connectivity index (χ1v) is 11.1. The molecule has 1 spiro atoms. The van der Waals surface area contributed by atoms with Gasteiger partial charge in [-0.3, -0.25) is 4.79 Å². The highest BCUT2D eigenvalue weighted by Gasteiger charge is 2.43. The number of piperidine rings is 1. The van der Waals surface area contributed by atoms with Crippen molar-refractivity contribution in [3.05, 3.63) is 35.5 Å². The van der Waals surface area contributed by atoms with Crippen LogP contribution in [0.5, 0.6) is 0 Å². The monoisotopic (exact) mass is 396 g/mol. The molecule has 1 N–H and O–H groups in total. The number of ether oxygens (including phenoxy) is 1. The Morgan fingerprint density at radius 3 is 2.66 bits per heavy atom. The molecule has 6 nitrogen and oxygen atoms in total. The number of carbonyl (C=O) groups excluding carboxylic acids is 1. The van der Waals surface area contributed by atoms with Crippen LogP contribution in [-0.4, -0.2) is 85.1 Å². The lowest BCUT2D eigenvalue weighted by molar-refractivity contribution is -0.141. The highest BCUT2D eigenvalue weighted by molar-refractivity contribution is 5.85. The van der Waals surface area contributed by atoms with E-state index in [1.807, 2.05) is 0 Å². The van der Waals surface area contributed by atoms with Crippen LogP contribution in [0.25, 0.3) is 10.9 Å². The second kappa shape index (κ2) is 7.74. The van der Waals surface area contributed by atoms with Gasteiger partial charge in [-0.05, 0) is 37.9 Å². The number of likely N-dealkylation sites (N-methyl/N-ethyl adjacent to an activating group) is 1. The van der Waals surface area contributed by atoms with Crippen molar-refractivity contribution >= 4 is 16.8 Å². The molecule has 0 aliphatic carbocycles. The molecule has 6 heteroatoms. The summed E-state index contributed by atoms with van der Waals surface area (Å²) in [5.41, 5.74) is 3.63. The highest BCUT2D eigenvalue weighted by Crippen LogP contribution is 2.43. The minimum Gasteiger partial charge on any atom is -0.368 e. The quantitative estimate of drug-likeness (QED) is 0.864. The molecule has 3 aliphatic rings. The fraction of sp³-hybridized carbons (Fsp3) is 0.609. The van der Waals surface area contributed by atoms with Crippen molar-refractivity contribution in [2.24, 2.45) is 0 Å². The smallest absolute Gasteiger partial charge is 0.223 e. The van der Waals surface area contributed by atoms with Crippen LogP contribution in [0.4, 0.5) is 0 Å². The van der Waals surface area contributed by atoms with Crippen LogP contribution in [-0.2, 0) is 21.6 Å². The van der Waals surface area contributed by atoms with Crippen molar-refractivity contribution in [1.82, 2.24) is 19.7 Å². The fourth-order valence-electron chi connectivity index (χ4n) is 5.26. The zero-order chi connectivity index (χ0) is 19.8. The van der Waals surface area contributed by atoms with Crippen LogP contribution < -0.4 is 0 Å². The third-order valence-electron chi connectivity index (χ3n) is 7.16. The molecule has 156 valence electrons. The number of fused-ring (bicyclic) bond motifs is 4. The van der Waals surface area contributed by atoms with E-state index in [2.05, 4.69) is 51.0 Å². The lowest BCUT2D eigenvalue weighted by atomic mass is 9.83. The Morgan fingerprint density at radius 1 is 1.10 bits per heavy atom. The van der Waals surface area contributed by atoms with E-state index in [1.165, 1.54) is 22.2 Å². The summed E-state index contributed by atoms with van der Waals surface area (Å²) in [6.45, 7) is 7.58. The molecule has 0 unspecified atom stereocenters. The van der Waals surface area contributed by atoms with Gasteiger partial charge in [-0.15, -0.1) is 0 Å². The molecule has 0 atom stereocenters. The number of nitrogens with one attached hydrogen (secondary N) is 1. The number of H-pyrrole nitrogens is 1. The molecule has 29 heavy (non-hydrogen) atoms. The Kier molecular flexibility index (Phi) is 5.10. The summed E-state index contributed by atoms with van der Waals surface area (Å²) < 4.78 is 6.37. The number of carbonyl (C=O) groups is 1. The van der Waals surface area contributed by atoms with Crippen molar-refractivity contribution in [2.75, 3.05) is 59.5 Å². The Morgan fingerprint density at radius 2 is 1.86 bits per heavy atom. The molecular formula is C23H32N4O2. The molecule has 4 heterocycles. The largest absolute Gasteiger partial charge is 0.368 e. The number of likely N-dealkylation sites (tertiary alicyclic amines) is 1. The summed E-state index contributed by atoms with van der Waals surface area (Å²) >= 11 is 0. The second-order valence-corrected chi connectivity index (χ2v) is 8.89. The second-order valence-electron chi connectivity index (χ2n) is 8.89. The number of hydrogen-bond acceptors (Lipinski definition) is 4. The van der Waals surface area contributed by atoms with E-state index in [1.54, 1.807) is 0 Å². The van der Waals surface area contributed by atoms with Crippen molar-refractivity contribution in [2.45, 2.75) is 31.3 Å². The summed E-state index contributed by atoms with van der Waals surface area (Å²) in [7, 11) is 2.16. The summed E-state index contributed by atoms with van der Waals surface area (Å²) in [6.07, 6.45) is 3.37. The van der Waals surface area contributed by atoms with Gasteiger partial charge in [0.15, 0.2) is 0 Å². The third-order valence-corrected chi connectivity index (χ3v) is 7.16. The first kappa shape index (κ1) is 19.1. The summed E-state index contributed by atoms with van der Waals surface area (Å²) in [5, 5.41) is 1.33.